The van der Waals surface area contributed by atoms with Crippen LogP contribution < -0.4 is 5.32 Å². The smallest absolute Gasteiger partial charge is 0.104 e. The van der Waals surface area contributed by atoms with Crippen molar-refractivity contribution in [2.45, 2.75) is 25.4 Å². The zero-order valence-corrected chi connectivity index (χ0v) is 12.8. The van der Waals surface area contributed by atoms with Gasteiger partial charge in [0.2, 0.25) is 0 Å². The lowest BCUT2D eigenvalue weighted by molar-refractivity contribution is -0.927. The third kappa shape index (κ3) is 3.85. The number of para-hydroxylation sites is 1. The first kappa shape index (κ1) is 14.2. The van der Waals surface area contributed by atoms with Crippen LogP contribution in [0.1, 0.15) is 18.4 Å². The van der Waals surface area contributed by atoms with Crippen molar-refractivity contribution in [3.05, 3.63) is 66.2 Å². The van der Waals surface area contributed by atoms with Crippen molar-refractivity contribution in [3.8, 4) is 0 Å². The third-order valence-corrected chi connectivity index (χ3v) is 4.59. The van der Waals surface area contributed by atoms with Crippen molar-refractivity contribution >= 4 is 5.69 Å². The maximum atomic E-state index is 3.67. The van der Waals surface area contributed by atoms with E-state index in [0.29, 0.717) is 6.04 Å². The second-order valence-electron chi connectivity index (χ2n) is 6.50. The molecule has 0 aliphatic carbocycles. The molecule has 3 rings (SSSR count). The average Bonchev–Trinajstić information content (AvgIpc) is 2.52. The van der Waals surface area contributed by atoms with E-state index in [1.165, 1.54) is 37.2 Å². The highest BCUT2D eigenvalue weighted by molar-refractivity contribution is 5.43. The summed E-state index contributed by atoms with van der Waals surface area (Å²) in [5.41, 5.74) is 2.70. The Labute approximate surface area is 128 Å². The lowest BCUT2D eigenvalue weighted by atomic mass is 10.0. The van der Waals surface area contributed by atoms with Crippen LogP contribution in [-0.4, -0.2) is 30.7 Å². The molecule has 2 nitrogen and oxygen atoms in total. The van der Waals surface area contributed by atoms with Crippen molar-refractivity contribution in [2.24, 2.45) is 0 Å². The fourth-order valence-electron chi connectivity index (χ4n) is 3.29. The number of likely N-dealkylation sites (tertiary alicyclic amines) is 1. The Bertz CT molecular complexity index is 542. The summed E-state index contributed by atoms with van der Waals surface area (Å²) in [7, 11) is 2.39. The molecule has 1 aliphatic rings. The lowest BCUT2D eigenvalue weighted by Gasteiger charge is -2.41. The minimum atomic E-state index is 0.620. The van der Waals surface area contributed by atoms with E-state index in [1.54, 1.807) is 0 Å². The van der Waals surface area contributed by atoms with Gasteiger partial charge < -0.3 is 9.80 Å². The molecule has 2 aromatic carbocycles. The van der Waals surface area contributed by atoms with Crippen molar-refractivity contribution < 1.29 is 4.48 Å². The van der Waals surface area contributed by atoms with Crippen LogP contribution >= 0.6 is 0 Å². The first-order valence-electron chi connectivity index (χ1n) is 7.93. The number of hydrogen-bond donors (Lipinski definition) is 1. The first-order chi connectivity index (χ1) is 10.2. The van der Waals surface area contributed by atoms with E-state index < -0.39 is 0 Å². The summed E-state index contributed by atoms with van der Waals surface area (Å²) < 4.78 is 1.16. The molecule has 0 bridgehead atoms. The van der Waals surface area contributed by atoms with E-state index in [0.717, 1.165) is 11.0 Å². The van der Waals surface area contributed by atoms with E-state index in [-0.39, 0.29) is 0 Å². The lowest BCUT2D eigenvalue weighted by Crippen LogP contribution is -2.51. The van der Waals surface area contributed by atoms with E-state index in [1.807, 2.05) is 0 Å². The van der Waals surface area contributed by atoms with Gasteiger partial charge in [0.25, 0.3) is 0 Å². The Hall–Kier alpha value is -1.80. The highest BCUT2D eigenvalue weighted by Crippen LogP contribution is 2.23. The number of quaternary nitrogens is 1. The number of nitrogens with zero attached hydrogens (tertiary/aromatic N) is 1. The molecule has 0 atom stereocenters. The Balaban J connectivity index is 1.54. The molecule has 0 aromatic heterocycles. The van der Waals surface area contributed by atoms with E-state index in [2.05, 4.69) is 73.0 Å². The van der Waals surface area contributed by atoms with Gasteiger partial charge in [-0.1, -0.05) is 48.5 Å². The van der Waals surface area contributed by atoms with Crippen LogP contribution in [0.15, 0.2) is 60.7 Å². The molecule has 0 spiro atoms. The third-order valence-electron chi connectivity index (χ3n) is 4.59. The topological polar surface area (TPSA) is 12.0 Å². The minimum absolute atomic E-state index is 0.620. The summed E-state index contributed by atoms with van der Waals surface area (Å²) in [5, 5.41) is 3.67. The molecule has 1 heterocycles. The molecule has 110 valence electrons. The Kier molecular flexibility index (Phi) is 4.26. The van der Waals surface area contributed by atoms with Crippen LogP contribution in [0.3, 0.4) is 0 Å². The fraction of sp³-hybridized carbons (Fsp3) is 0.368. The molecule has 21 heavy (non-hydrogen) atoms. The molecule has 0 amide bonds. The highest BCUT2D eigenvalue weighted by atomic mass is 15.3. The van der Waals surface area contributed by atoms with Gasteiger partial charge in [-0.25, -0.2) is 0 Å². The molecule has 1 saturated heterocycles. The molecule has 1 aliphatic heterocycles. The van der Waals surface area contributed by atoms with Gasteiger partial charge in [-0.3, -0.25) is 0 Å². The summed E-state index contributed by atoms with van der Waals surface area (Å²) in [6.07, 6.45) is 2.50. The van der Waals surface area contributed by atoms with Crippen molar-refractivity contribution in [3.63, 3.8) is 0 Å². The second kappa shape index (κ2) is 6.31. The van der Waals surface area contributed by atoms with Gasteiger partial charge >= 0.3 is 0 Å². The molecule has 0 radical (unpaired) electrons. The van der Waals surface area contributed by atoms with Crippen LogP contribution in [0, 0.1) is 0 Å². The van der Waals surface area contributed by atoms with Gasteiger partial charge in [0, 0.05) is 30.1 Å². The number of anilines is 1. The second-order valence-corrected chi connectivity index (χ2v) is 6.50. The number of rotatable bonds is 4. The molecule has 2 heteroatoms. The van der Waals surface area contributed by atoms with Crippen LogP contribution in [0.25, 0.3) is 0 Å². The molecular formula is C19H25N2+. The predicted molar refractivity (Wildman–Crippen MR) is 89.2 cm³/mol. The SMILES string of the molecule is C[N+]1(Cc2ccccc2)CCC(Nc2ccccc2)CC1. The quantitative estimate of drug-likeness (QED) is 0.838. The van der Waals surface area contributed by atoms with Crippen LogP contribution in [0.5, 0.6) is 0 Å². The van der Waals surface area contributed by atoms with Gasteiger partial charge in [-0.2, -0.15) is 0 Å². The van der Waals surface area contributed by atoms with Gasteiger partial charge in [0.15, 0.2) is 0 Å². The number of benzene rings is 2. The number of nitrogens with one attached hydrogen (secondary N) is 1. The van der Waals surface area contributed by atoms with Crippen molar-refractivity contribution in [1.82, 2.24) is 0 Å². The fourth-order valence-corrected chi connectivity index (χ4v) is 3.29. The summed E-state index contributed by atoms with van der Waals surface area (Å²) in [4.78, 5) is 0. The van der Waals surface area contributed by atoms with Gasteiger partial charge in [-0.05, 0) is 12.1 Å². The van der Waals surface area contributed by atoms with Crippen LogP contribution in [-0.2, 0) is 6.54 Å². The molecule has 2 aromatic rings. The molecular weight excluding hydrogens is 256 g/mol. The Morgan fingerprint density at radius 1 is 0.905 bits per heavy atom. The number of hydrogen-bond acceptors (Lipinski definition) is 1. The maximum absolute atomic E-state index is 3.67. The van der Waals surface area contributed by atoms with Crippen LogP contribution in [0.4, 0.5) is 5.69 Å². The summed E-state index contributed by atoms with van der Waals surface area (Å²) in [5.74, 6) is 0. The molecule has 0 unspecified atom stereocenters. The Morgan fingerprint density at radius 3 is 2.10 bits per heavy atom. The summed E-state index contributed by atoms with van der Waals surface area (Å²) >= 11 is 0. The van der Waals surface area contributed by atoms with Crippen molar-refractivity contribution in [2.75, 3.05) is 25.5 Å². The highest BCUT2D eigenvalue weighted by Gasteiger charge is 2.29. The summed E-state index contributed by atoms with van der Waals surface area (Å²) in [6.45, 7) is 3.65. The standard InChI is InChI=1S/C19H25N2/c1-21(16-17-8-4-2-5-9-17)14-12-19(13-15-21)20-18-10-6-3-7-11-18/h2-11,19-20H,12-16H2,1H3/q+1. The van der Waals surface area contributed by atoms with Crippen LogP contribution in [0.2, 0.25) is 0 Å². The maximum Gasteiger partial charge on any atom is 0.104 e. The van der Waals surface area contributed by atoms with Crippen molar-refractivity contribution in [1.29, 1.82) is 0 Å². The summed E-state index contributed by atoms with van der Waals surface area (Å²) in [6, 6.07) is 22.1. The first-order valence-corrected chi connectivity index (χ1v) is 7.93. The van der Waals surface area contributed by atoms with E-state index in [4.69, 9.17) is 0 Å². The Morgan fingerprint density at radius 2 is 1.48 bits per heavy atom. The van der Waals surface area contributed by atoms with Gasteiger partial charge in [0.05, 0.1) is 20.1 Å². The molecule has 1 fully saturated rings. The van der Waals surface area contributed by atoms with Gasteiger partial charge in [0.1, 0.15) is 6.54 Å². The molecule has 0 saturated carbocycles. The van der Waals surface area contributed by atoms with Gasteiger partial charge in [-0.15, -0.1) is 0 Å². The van der Waals surface area contributed by atoms with E-state index >= 15 is 0 Å². The zero-order valence-electron chi connectivity index (χ0n) is 12.8. The minimum Gasteiger partial charge on any atom is -0.382 e. The van der Waals surface area contributed by atoms with E-state index in [9.17, 15) is 0 Å². The normalized spacial score (nSPS) is 25.5. The predicted octanol–water partition coefficient (Wildman–Crippen LogP) is 3.91. The zero-order chi connectivity index (χ0) is 14.5. The molecule has 1 N–H and O–H groups in total. The largest absolute Gasteiger partial charge is 0.382 e. The number of piperidine rings is 1. The average molecular weight is 281 g/mol. The monoisotopic (exact) mass is 281 g/mol.